The predicted molar refractivity (Wildman–Crippen MR) is 99.0 cm³/mol. The number of carbonyl (C=O) groups excluding carboxylic acids is 1. The van der Waals surface area contributed by atoms with Gasteiger partial charge < -0.3 is 10.6 Å². The smallest absolute Gasteiger partial charge is 0.241 e. The minimum Gasteiger partial charge on any atom is -0.326 e. The molecule has 3 N–H and O–H groups in total. The molecule has 2 atom stereocenters. The minimum atomic E-state index is -3.66. The van der Waals surface area contributed by atoms with Crippen molar-refractivity contribution in [2.75, 3.05) is 18.4 Å². The highest BCUT2D eigenvalue weighted by Gasteiger charge is 2.27. The second kappa shape index (κ2) is 7.11. The molecule has 2 aromatic rings. The topological polar surface area (TPSA) is 87.3 Å². The third kappa shape index (κ3) is 3.84. The predicted octanol–water partition coefficient (Wildman–Crippen LogP) is 2.07. The standard InChI is InChI=1S/C18H23N3O3S/c1-12-11-19-10-9-16(12)21-25(23,24)18-8-7-17(20-13(2)22)14-5-3-4-6-15(14)18/h3-8,12,16,19,21H,9-11H2,1-2H3,(H,20,22). The Balaban J connectivity index is 2.01. The zero-order valence-corrected chi connectivity index (χ0v) is 15.2. The third-order valence-electron chi connectivity index (χ3n) is 4.58. The highest BCUT2D eigenvalue weighted by Crippen LogP contribution is 2.30. The molecule has 1 fully saturated rings. The van der Waals surface area contributed by atoms with E-state index in [1.807, 2.05) is 19.1 Å². The van der Waals surface area contributed by atoms with Gasteiger partial charge in [0.15, 0.2) is 0 Å². The average molecular weight is 361 g/mol. The fourth-order valence-electron chi connectivity index (χ4n) is 3.26. The van der Waals surface area contributed by atoms with Crippen LogP contribution in [-0.4, -0.2) is 33.5 Å². The summed E-state index contributed by atoms with van der Waals surface area (Å²) in [5.74, 6) is 0.0378. The number of carbonyl (C=O) groups is 1. The number of benzene rings is 2. The van der Waals surface area contributed by atoms with E-state index in [9.17, 15) is 13.2 Å². The second-order valence-corrected chi connectivity index (χ2v) is 8.22. The Morgan fingerprint density at radius 1 is 1.16 bits per heavy atom. The van der Waals surface area contributed by atoms with Crippen molar-refractivity contribution in [1.29, 1.82) is 0 Å². The van der Waals surface area contributed by atoms with Crippen molar-refractivity contribution in [3.05, 3.63) is 36.4 Å². The maximum absolute atomic E-state index is 13.0. The molecular weight excluding hydrogens is 338 g/mol. The molecule has 25 heavy (non-hydrogen) atoms. The lowest BCUT2D eigenvalue weighted by Gasteiger charge is -2.30. The first kappa shape index (κ1) is 17.8. The van der Waals surface area contributed by atoms with Crippen LogP contribution in [-0.2, 0) is 14.8 Å². The Bertz CT molecular complexity index is 896. The molecule has 1 saturated heterocycles. The lowest BCUT2D eigenvalue weighted by Crippen LogP contribution is -2.48. The van der Waals surface area contributed by atoms with E-state index >= 15 is 0 Å². The normalized spacial score (nSPS) is 21.2. The van der Waals surface area contributed by atoms with Crippen LogP contribution in [0.1, 0.15) is 20.3 Å². The van der Waals surface area contributed by atoms with E-state index in [-0.39, 0.29) is 22.8 Å². The van der Waals surface area contributed by atoms with Crippen molar-refractivity contribution in [3.63, 3.8) is 0 Å². The second-order valence-electron chi connectivity index (χ2n) is 6.54. The van der Waals surface area contributed by atoms with Crippen LogP contribution < -0.4 is 15.4 Å². The van der Waals surface area contributed by atoms with Gasteiger partial charge in [0.1, 0.15) is 0 Å². The Morgan fingerprint density at radius 2 is 1.88 bits per heavy atom. The molecule has 0 aromatic heterocycles. The molecule has 0 aliphatic carbocycles. The van der Waals surface area contributed by atoms with E-state index in [1.165, 1.54) is 6.92 Å². The van der Waals surface area contributed by atoms with Gasteiger partial charge in [-0.2, -0.15) is 0 Å². The number of hydrogen-bond acceptors (Lipinski definition) is 4. The van der Waals surface area contributed by atoms with E-state index < -0.39 is 10.0 Å². The zero-order chi connectivity index (χ0) is 18.0. The number of piperidine rings is 1. The van der Waals surface area contributed by atoms with Gasteiger partial charge in [-0.3, -0.25) is 4.79 Å². The van der Waals surface area contributed by atoms with Crippen molar-refractivity contribution in [2.24, 2.45) is 5.92 Å². The van der Waals surface area contributed by atoms with E-state index in [2.05, 4.69) is 15.4 Å². The van der Waals surface area contributed by atoms with Crippen molar-refractivity contribution < 1.29 is 13.2 Å². The Hall–Kier alpha value is -1.96. The Kier molecular flexibility index (Phi) is 5.08. The molecule has 0 saturated carbocycles. The average Bonchev–Trinajstić information content (AvgIpc) is 2.56. The summed E-state index contributed by atoms with van der Waals surface area (Å²) < 4.78 is 28.8. The van der Waals surface area contributed by atoms with Crippen LogP contribution in [0.3, 0.4) is 0 Å². The molecule has 0 radical (unpaired) electrons. The molecule has 1 amide bonds. The number of amides is 1. The van der Waals surface area contributed by atoms with Crippen LogP contribution in [0.4, 0.5) is 5.69 Å². The van der Waals surface area contributed by atoms with Crippen LogP contribution in [0, 0.1) is 5.92 Å². The van der Waals surface area contributed by atoms with Gasteiger partial charge in [-0.1, -0.05) is 31.2 Å². The molecule has 0 bridgehead atoms. The summed E-state index contributed by atoms with van der Waals surface area (Å²) in [6.45, 7) is 5.08. The highest BCUT2D eigenvalue weighted by atomic mass is 32.2. The number of hydrogen-bond donors (Lipinski definition) is 3. The van der Waals surface area contributed by atoms with Crippen LogP contribution in [0.15, 0.2) is 41.3 Å². The van der Waals surface area contributed by atoms with Crippen LogP contribution >= 0.6 is 0 Å². The molecule has 7 heteroatoms. The van der Waals surface area contributed by atoms with Crippen molar-refractivity contribution in [1.82, 2.24) is 10.0 Å². The number of nitrogens with one attached hydrogen (secondary N) is 3. The summed E-state index contributed by atoms with van der Waals surface area (Å²) in [6.07, 6.45) is 0.766. The number of anilines is 1. The lowest BCUT2D eigenvalue weighted by molar-refractivity contribution is -0.114. The van der Waals surface area contributed by atoms with Crippen LogP contribution in [0.2, 0.25) is 0 Å². The largest absolute Gasteiger partial charge is 0.326 e. The molecule has 134 valence electrons. The van der Waals surface area contributed by atoms with Crippen LogP contribution in [0.25, 0.3) is 10.8 Å². The van der Waals surface area contributed by atoms with Gasteiger partial charge in [0, 0.05) is 29.4 Å². The molecule has 1 aliphatic rings. The number of fused-ring (bicyclic) bond motifs is 1. The Morgan fingerprint density at radius 3 is 2.56 bits per heavy atom. The summed E-state index contributed by atoms with van der Waals surface area (Å²) in [5.41, 5.74) is 0.609. The fourth-order valence-corrected chi connectivity index (χ4v) is 4.85. The summed E-state index contributed by atoms with van der Waals surface area (Å²) in [6, 6.07) is 10.3. The van der Waals surface area contributed by atoms with Crippen LogP contribution in [0.5, 0.6) is 0 Å². The van der Waals surface area contributed by atoms with E-state index in [1.54, 1.807) is 24.3 Å². The van der Waals surface area contributed by atoms with E-state index in [0.717, 1.165) is 19.5 Å². The quantitative estimate of drug-likeness (QED) is 0.778. The van der Waals surface area contributed by atoms with Gasteiger partial charge in [0.05, 0.1) is 4.90 Å². The van der Waals surface area contributed by atoms with Crippen molar-refractivity contribution in [3.8, 4) is 0 Å². The van der Waals surface area contributed by atoms with Gasteiger partial charge in [0.2, 0.25) is 15.9 Å². The minimum absolute atomic E-state index is 0.0833. The molecule has 3 rings (SSSR count). The summed E-state index contributed by atoms with van der Waals surface area (Å²) in [4.78, 5) is 11.6. The molecular formula is C18H23N3O3S. The zero-order valence-electron chi connectivity index (χ0n) is 14.4. The molecule has 2 aromatic carbocycles. The SMILES string of the molecule is CC(=O)Nc1ccc(S(=O)(=O)NC2CCNCC2C)c2ccccc12. The number of sulfonamides is 1. The molecule has 0 spiro atoms. The molecule has 2 unspecified atom stereocenters. The summed E-state index contributed by atoms with van der Waals surface area (Å²) >= 11 is 0. The summed E-state index contributed by atoms with van der Waals surface area (Å²) in [5, 5.41) is 7.33. The van der Waals surface area contributed by atoms with Gasteiger partial charge in [0.25, 0.3) is 0 Å². The summed E-state index contributed by atoms with van der Waals surface area (Å²) in [7, 11) is -3.66. The maximum Gasteiger partial charge on any atom is 0.241 e. The van der Waals surface area contributed by atoms with Gasteiger partial charge in [-0.05, 0) is 37.6 Å². The maximum atomic E-state index is 13.0. The van der Waals surface area contributed by atoms with Gasteiger partial charge in [-0.15, -0.1) is 0 Å². The van der Waals surface area contributed by atoms with E-state index in [0.29, 0.717) is 16.5 Å². The first-order valence-electron chi connectivity index (χ1n) is 8.41. The van der Waals surface area contributed by atoms with Gasteiger partial charge >= 0.3 is 0 Å². The van der Waals surface area contributed by atoms with Crippen molar-refractivity contribution in [2.45, 2.75) is 31.2 Å². The van der Waals surface area contributed by atoms with E-state index in [4.69, 9.17) is 0 Å². The Labute approximate surface area is 148 Å². The third-order valence-corrected chi connectivity index (χ3v) is 6.12. The first-order chi connectivity index (χ1) is 11.9. The highest BCUT2D eigenvalue weighted by molar-refractivity contribution is 7.89. The lowest BCUT2D eigenvalue weighted by atomic mass is 9.97. The molecule has 1 aliphatic heterocycles. The first-order valence-corrected chi connectivity index (χ1v) is 9.89. The molecule has 6 nitrogen and oxygen atoms in total. The molecule has 1 heterocycles. The monoisotopic (exact) mass is 361 g/mol. The van der Waals surface area contributed by atoms with Crippen molar-refractivity contribution >= 4 is 32.4 Å². The number of rotatable bonds is 4. The fraction of sp³-hybridized carbons (Fsp3) is 0.389. The van der Waals surface area contributed by atoms with Gasteiger partial charge in [-0.25, -0.2) is 13.1 Å².